The molecule has 0 heterocycles. The standard InChI is InChI=1S/C13H8BrCl2NO3/c14-11-4-3-10(17(18)19)6-13(11)20-7-8-1-2-9(15)5-12(8)16/h1-6H,7H2. The van der Waals surface area contributed by atoms with Gasteiger partial charge in [-0.1, -0.05) is 29.3 Å². The summed E-state index contributed by atoms with van der Waals surface area (Å²) in [4.78, 5) is 10.3. The molecule has 0 aliphatic rings. The van der Waals surface area contributed by atoms with Gasteiger partial charge in [-0.15, -0.1) is 0 Å². The molecule has 104 valence electrons. The molecule has 2 aromatic carbocycles. The van der Waals surface area contributed by atoms with Gasteiger partial charge in [0.1, 0.15) is 12.4 Å². The van der Waals surface area contributed by atoms with Gasteiger partial charge in [0.05, 0.1) is 15.5 Å². The highest BCUT2D eigenvalue weighted by atomic mass is 79.9. The number of benzene rings is 2. The maximum atomic E-state index is 10.7. The van der Waals surface area contributed by atoms with E-state index in [0.29, 0.717) is 20.3 Å². The van der Waals surface area contributed by atoms with Crippen LogP contribution in [0.1, 0.15) is 5.56 Å². The minimum atomic E-state index is -0.478. The van der Waals surface area contributed by atoms with Crippen LogP contribution < -0.4 is 4.74 Å². The minimum Gasteiger partial charge on any atom is -0.487 e. The molecule has 0 saturated heterocycles. The number of nitro benzene ring substituents is 1. The van der Waals surface area contributed by atoms with Crippen molar-refractivity contribution in [2.75, 3.05) is 0 Å². The second-order valence-electron chi connectivity index (χ2n) is 3.90. The number of hydrogen-bond donors (Lipinski definition) is 0. The topological polar surface area (TPSA) is 52.4 Å². The van der Waals surface area contributed by atoms with E-state index in [-0.39, 0.29) is 12.3 Å². The van der Waals surface area contributed by atoms with Crippen LogP contribution in [0.25, 0.3) is 0 Å². The van der Waals surface area contributed by atoms with Gasteiger partial charge in [0.15, 0.2) is 0 Å². The molecule has 0 amide bonds. The van der Waals surface area contributed by atoms with E-state index in [0.717, 1.165) is 5.56 Å². The van der Waals surface area contributed by atoms with Gasteiger partial charge in [-0.3, -0.25) is 10.1 Å². The smallest absolute Gasteiger partial charge is 0.273 e. The van der Waals surface area contributed by atoms with E-state index >= 15 is 0 Å². The SMILES string of the molecule is O=[N+]([O-])c1ccc(Br)c(OCc2ccc(Cl)cc2Cl)c1. The predicted octanol–water partition coefficient (Wildman–Crippen LogP) is 5.24. The fourth-order valence-electron chi connectivity index (χ4n) is 1.51. The molecule has 20 heavy (non-hydrogen) atoms. The van der Waals surface area contributed by atoms with Gasteiger partial charge in [0, 0.05) is 21.7 Å². The fourth-order valence-corrected chi connectivity index (χ4v) is 2.33. The monoisotopic (exact) mass is 375 g/mol. The van der Waals surface area contributed by atoms with Crippen molar-refractivity contribution in [1.29, 1.82) is 0 Å². The zero-order chi connectivity index (χ0) is 14.7. The highest BCUT2D eigenvalue weighted by Gasteiger charge is 2.11. The lowest BCUT2D eigenvalue weighted by Crippen LogP contribution is -1.98. The third-order valence-corrected chi connectivity index (χ3v) is 3.77. The molecule has 0 atom stereocenters. The molecule has 2 aromatic rings. The Morgan fingerprint density at radius 1 is 1.20 bits per heavy atom. The van der Waals surface area contributed by atoms with Crippen LogP contribution in [0, 0.1) is 10.1 Å². The van der Waals surface area contributed by atoms with Crippen LogP contribution in [0.2, 0.25) is 10.0 Å². The Kier molecular flexibility index (Phi) is 4.86. The zero-order valence-corrected chi connectivity index (χ0v) is 13.1. The summed E-state index contributed by atoms with van der Waals surface area (Å²) in [5.74, 6) is 0.380. The average Bonchev–Trinajstić information content (AvgIpc) is 2.39. The molecule has 0 aliphatic heterocycles. The van der Waals surface area contributed by atoms with Gasteiger partial charge in [-0.2, -0.15) is 0 Å². The normalized spacial score (nSPS) is 10.3. The van der Waals surface area contributed by atoms with E-state index in [9.17, 15) is 10.1 Å². The Morgan fingerprint density at radius 2 is 1.95 bits per heavy atom. The van der Waals surface area contributed by atoms with Gasteiger partial charge in [-0.05, 0) is 34.1 Å². The van der Waals surface area contributed by atoms with Crippen molar-refractivity contribution in [2.24, 2.45) is 0 Å². The second kappa shape index (κ2) is 6.43. The number of nitro groups is 1. The van der Waals surface area contributed by atoms with E-state index in [4.69, 9.17) is 27.9 Å². The van der Waals surface area contributed by atoms with Crippen LogP contribution in [0.3, 0.4) is 0 Å². The lowest BCUT2D eigenvalue weighted by atomic mass is 10.2. The van der Waals surface area contributed by atoms with Gasteiger partial charge >= 0.3 is 0 Å². The first kappa shape index (κ1) is 15.1. The first-order valence-corrected chi connectivity index (χ1v) is 7.03. The maximum Gasteiger partial charge on any atom is 0.273 e. The number of rotatable bonds is 4. The van der Waals surface area contributed by atoms with E-state index in [2.05, 4.69) is 15.9 Å². The summed E-state index contributed by atoms with van der Waals surface area (Å²) in [6.07, 6.45) is 0. The molecule has 2 rings (SSSR count). The number of hydrogen-bond acceptors (Lipinski definition) is 3. The third kappa shape index (κ3) is 3.62. The van der Waals surface area contributed by atoms with Crippen LogP contribution in [-0.4, -0.2) is 4.92 Å². The first-order chi connectivity index (χ1) is 9.47. The fraction of sp³-hybridized carbons (Fsp3) is 0.0769. The van der Waals surface area contributed by atoms with Crippen LogP contribution >= 0.6 is 39.1 Å². The predicted molar refractivity (Wildman–Crippen MR) is 81.6 cm³/mol. The van der Waals surface area contributed by atoms with E-state index in [1.54, 1.807) is 24.3 Å². The zero-order valence-electron chi connectivity index (χ0n) is 9.98. The van der Waals surface area contributed by atoms with E-state index < -0.39 is 4.92 Å². The van der Waals surface area contributed by atoms with Crippen molar-refractivity contribution in [3.63, 3.8) is 0 Å². The molecule has 0 unspecified atom stereocenters. The molecule has 0 aromatic heterocycles. The van der Waals surface area contributed by atoms with E-state index in [1.165, 1.54) is 12.1 Å². The van der Waals surface area contributed by atoms with Crippen molar-refractivity contribution >= 4 is 44.8 Å². The summed E-state index contributed by atoms with van der Waals surface area (Å²) < 4.78 is 6.19. The highest BCUT2D eigenvalue weighted by molar-refractivity contribution is 9.10. The molecular formula is C13H8BrCl2NO3. The summed E-state index contributed by atoms with van der Waals surface area (Å²) in [6, 6.07) is 9.38. The van der Waals surface area contributed by atoms with Gasteiger partial charge in [-0.25, -0.2) is 0 Å². The summed E-state index contributed by atoms with van der Waals surface area (Å²) >= 11 is 15.1. The Bertz CT molecular complexity index is 664. The Hall–Kier alpha value is -1.30. The molecule has 0 aliphatic carbocycles. The van der Waals surface area contributed by atoms with Crippen LogP contribution in [0.15, 0.2) is 40.9 Å². The Morgan fingerprint density at radius 3 is 2.60 bits per heavy atom. The summed E-state index contributed by atoms with van der Waals surface area (Å²) in [5, 5.41) is 11.8. The number of nitrogens with zero attached hydrogens (tertiary/aromatic N) is 1. The van der Waals surface area contributed by atoms with Crippen LogP contribution in [-0.2, 0) is 6.61 Å². The molecule has 0 spiro atoms. The van der Waals surface area contributed by atoms with Crippen molar-refractivity contribution in [3.8, 4) is 5.75 Å². The largest absolute Gasteiger partial charge is 0.487 e. The summed E-state index contributed by atoms with van der Waals surface area (Å²) in [6.45, 7) is 0.190. The molecule has 7 heteroatoms. The highest BCUT2D eigenvalue weighted by Crippen LogP contribution is 2.30. The molecule has 0 fully saturated rings. The molecular weight excluding hydrogens is 369 g/mol. The molecule has 0 saturated carbocycles. The lowest BCUT2D eigenvalue weighted by Gasteiger charge is -2.09. The molecule has 0 radical (unpaired) electrons. The molecule has 0 bridgehead atoms. The summed E-state index contributed by atoms with van der Waals surface area (Å²) in [7, 11) is 0. The van der Waals surface area contributed by atoms with Crippen molar-refractivity contribution in [1.82, 2.24) is 0 Å². The van der Waals surface area contributed by atoms with Crippen molar-refractivity contribution < 1.29 is 9.66 Å². The third-order valence-electron chi connectivity index (χ3n) is 2.52. The van der Waals surface area contributed by atoms with Gasteiger partial charge < -0.3 is 4.74 Å². The second-order valence-corrected chi connectivity index (χ2v) is 5.59. The number of halogens is 3. The first-order valence-electron chi connectivity index (χ1n) is 5.48. The Balaban J connectivity index is 2.18. The van der Waals surface area contributed by atoms with Crippen molar-refractivity contribution in [2.45, 2.75) is 6.61 Å². The molecule has 0 N–H and O–H groups in total. The number of ether oxygens (including phenoxy) is 1. The minimum absolute atomic E-state index is 0.0367. The van der Waals surface area contributed by atoms with Crippen LogP contribution in [0.5, 0.6) is 5.75 Å². The molecule has 4 nitrogen and oxygen atoms in total. The average molecular weight is 377 g/mol. The number of non-ortho nitro benzene ring substituents is 1. The summed E-state index contributed by atoms with van der Waals surface area (Å²) in [5.41, 5.74) is 0.708. The van der Waals surface area contributed by atoms with E-state index in [1.807, 2.05) is 0 Å². The van der Waals surface area contributed by atoms with Gasteiger partial charge in [0.2, 0.25) is 0 Å². The van der Waals surface area contributed by atoms with Crippen LogP contribution in [0.4, 0.5) is 5.69 Å². The van der Waals surface area contributed by atoms with Crippen molar-refractivity contribution in [3.05, 3.63) is 66.6 Å². The Labute approximate surface area is 133 Å². The quantitative estimate of drug-likeness (QED) is 0.541. The maximum absolute atomic E-state index is 10.7. The lowest BCUT2D eigenvalue weighted by molar-refractivity contribution is -0.385. The van der Waals surface area contributed by atoms with Gasteiger partial charge in [0.25, 0.3) is 5.69 Å².